The highest BCUT2D eigenvalue weighted by Gasteiger charge is 2.44. The van der Waals surface area contributed by atoms with Gasteiger partial charge in [0.1, 0.15) is 11.0 Å². The third-order valence-electron chi connectivity index (χ3n) is 8.72. The smallest absolute Gasteiger partial charge is 0.407 e. The van der Waals surface area contributed by atoms with E-state index in [9.17, 15) is 23.1 Å². The van der Waals surface area contributed by atoms with Gasteiger partial charge in [0, 0.05) is 20.1 Å². The largest absolute Gasteiger partial charge is 0.454 e. The average Bonchev–Trinajstić information content (AvgIpc) is 3.82. The minimum absolute atomic E-state index is 0.00186. The van der Waals surface area contributed by atoms with Crippen molar-refractivity contribution in [3.05, 3.63) is 54.1 Å². The standard InChI is InChI=1S/C33H45N3O11S/c1-33(2,14-8-15-43-31(38)34-3)20-36(48(40,41)28-12-7-11-26-29(28)46-21-45-26)18-25(37)24(17-22-9-5-4-6-10-22)35-32(39)47-27-19-44-30-23(27)13-16-42-30/h4-7,9-12,23-25,27,30,37H,8,13-21H2,1-3H3,(H,34,38)(H,35,39)/t23-,24-,25+,27-,30+/m0/s1. The van der Waals surface area contributed by atoms with Crippen molar-refractivity contribution in [1.29, 1.82) is 0 Å². The van der Waals surface area contributed by atoms with Gasteiger partial charge >= 0.3 is 12.2 Å². The van der Waals surface area contributed by atoms with Gasteiger partial charge in [-0.2, -0.15) is 4.31 Å². The number of hydrogen-bond acceptors (Lipinski definition) is 11. The second kappa shape index (κ2) is 15.7. The van der Waals surface area contributed by atoms with E-state index < -0.39 is 52.2 Å². The molecule has 264 valence electrons. The molecule has 5 rings (SSSR count). The molecule has 0 spiro atoms. The number of carbonyl (C=O) groups is 2. The SMILES string of the molecule is CNC(=O)OCCCC(C)(C)CN(C[C@@H](O)[C@H](Cc1ccccc1)NC(=O)O[C@H]1CO[C@H]2OCC[C@H]21)S(=O)(=O)c1cccc2c1OCO2. The van der Waals surface area contributed by atoms with Gasteiger partial charge in [0.2, 0.25) is 16.8 Å². The van der Waals surface area contributed by atoms with Crippen LogP contribution in [0.2, 0.25) is 0 Å². The number of aliphatic hydroxyl groups excluding tert-OH is 1. The van der Waals surface area contributed by atoms with E-state index in [1.54, 1.807) is 12.1 Å². The Morgan fingerprint density at radius 2 is 1.88 bits per heavy atom. The highest BCUT2D eigenvalue weighted by Crippen LogP contribution is 2.40. The molecule has 15 heteroatoms. The van der Waals surface area contributed by atoms with Crippen LogP contribution in [-0.4, -0.2) is 101 Å². The van der Waals surface area contributed by atoms with Crippen LogP contribution in [0.25, 0.3) is 0 Å². The van der Waals surface area contributed by atoms with Gasteiger partial charge in [0.05, 0.1) is 37.9 Å². The summed E-state index contributed by atoms with van der Waals surface area (Å²) in [6.45, 7) is 4.21. The highest BCUT2D eigenvalue weighted by atomic mass is 32.2. The van der Waals surface area contributed by atoms with Crippen LogP contribution in [0.4, 0.5) is 9.59 Å². The summed E-state index contributed by atoms with van der Waals surface area (Å²) < 4.78 is 62.9. The summed E-state index contributed by atoms with van der Waals surface area (Å²) in [5, 5.41) is 17.0. The van der Waals surface area contributed by atoms with E-state index in [2.05, 4.69) is 10.6 Å². The molecule has 0 aromatic heterocycles. The Morgan fingerprint density at radius 1 is 1.08 bits per heavy atom. The molecule has 14 nitrogen and oxygen atoms in total. The quantitative estimate of drug-likeness (QED) is 0.235. The van der Waals surface area contributed by atoms with Gasteiger partial charge in [0.15, 0.2) is 17.8 Å². The van der Waals surface area contributed by atoms with Crippen LogP contribution >= 0.6 is 0 Å². The maximum absolute atomic E-state index is 14.4. The normalized spacial score (nSPS) is 21.4. The maximum Gasteiger partial charge on any atom is 0.407 e. The fourth-order valence-corrected chi connectivity index (χ4v) is 7.99. The fraction of sp³-hybridized carbons (Fsp3) is 0.576. The molecule has 3 N–H and O–H groups in total. The number of sulfonamides is 1. The Labute approximate surface area is 281 Å². The number of hydrogen-bond donors (Lipinski definition) is 3. The minimum atomic E-state index is -4.27. The van der Waals surface area contributed by atoms with Crippen molar-refractivity contribution in [2.24, 2.45) is 11.3 Å². The van der Waals surface area contributed by atoms with Gasteiger partial charge < -0.3 is 44.2 Å². The Balaban J connectivity index is 1.37. The molecule has 3 heterocycles. The first-order valence-corrected chi connectivity index (χ1v) is 17.6. The van der Waals surface area contributed by atoms with Crippen LogP contribution in [-0.2, 0) is 35.4 Å². The number of fused-ring (bicyclic) bond motifs is 2. The van der Waals surface area contributed by atoms with E-state index in [4.69, 9.17) is 28.4 Å². The third-order valence-corrected chi connectivity index (χ3v) is 10.6. The summed E-state index contributed by atoms with van der Waals surface area (Å²) in [7, 11) is -2.80. The molecule has 2 aromatic carbocycles. The number of carbonyl (C=O) groups excluding carboxylic acids is 2. The predicted molar refractivity (Wildman–Crippen MR) is 172 cm³/mol. The van der Waals surface area contributed by atoms with Gasteiger partial charge in [0.25, 0.3) is 0 Å². The van der Waals surface area contributed by atoms with Crippen molar-refractivity contribution >= 4 is 22.2 Å². The van der Waals surface area contributed by atoms with Crippen molar-refractivity contribution in [1.82, 2.24) is 14.9 Å². The zero-order chi connectivity index (χ0) is 34.3. The molecule has 2 aromatic rings. The topological polar surface area (TPSA) is 171 Å². The second-order valence-electron chi connectivity index (χ2n) is 12.9. The number of nitrogens with zero attached hydrogens (tertiary/aromatic N) is 1. The van der Waals surface area contributed by atoms with Crippen molar-refractivity contribution in [3.63, 3.8) is 0 Å². The van der Waals surface area contributed by atoms with E-state index in [0.29, 0.717) is 31.6 Å². The fourth-order valence-electron chi connectivity index (χ4n) is 6.20. The lowest BCUT2D eigenvalue weighted by molar-refractivity contribution is -0.0907. The Kier molecular flexibility index (Phi) is 11.7. The number of rotatable bonds is 15. The van der Waals surface area contributed by atoms with Crippen molar-refractivity contribution in [2.75, 3.05) is 46.8 Å². The maximum atomic E-state index is 14.4. The summed E-state index contributed by atoms with van der Waals surface area (Å²) in [5.74, 6) is 0.334. The number of benzene rings is 2. The summed E-state index contributed by atoms with van der Waals surface area (Å²) >= 11 is 0. The third kappa shape index (κ3) is 8.88. The molecule has 2 amide bonds. The van der Waals surface area contributed by atoms with Crippen molar-refractivity contribution < 1.29 is 51.5 Å². The molecular weight excluding hydrogens is 646 g/mol. The summed E-state index contributed by atoms with van der Waals surface area (Å²) in [5.41, 5.74) is 0.213. The van der Waals surface area contributed by atoms with Gasteiger partial charge in [-0.05, 0) is 48.8 Å². The first-order chi connectivity index (χ1) is 23.0. The molecule has 2 fully saturated rings. The van der Waals surface area contributed by atoms with Gasteiger partial charge in [-0.25, -0.2) is 18.0 Å². The lowest BCUT2D eigenvalue weighted by Crippen LogP contribution is -2.52. The van der Waals surface area contributed by atoms with Crippen molar-refractivity contribution in [2.45, 2.75) is 69.0 Å². The molecule has 3 aliphatic heterocycles. The van der Waals surface area contributed by atoms with Crippen LogP contribution in [0, 0.1) is 11.3 Å². The predicted octanol–water partition coefficient (Wildman–Crippen LogP) is 3.03. The van der Waals surface area contributed by atoms with Gasteiger partial charge in [-0.1, -0.05) is 50.2 Å². The Bertz CT molecular complexity index is 1510. The monoisotopic (exact) mass is 691 g/mol. The molecular formula is C33H45N3O11S. The lowest BCUT2D eigenvalue weighted by Gasteiger charge is -2.35. The number of para-hydroxylation sites is 1. The number of alkyl carbamates (subject to hydrolysis) is 2. The number of ether oxygens (including phenoxy) is 6. The van der Waals surface area contributed by atoms with Crippen LogP contribution in [0.1, 0.15) is 38.7 Å². The zero-order valence-electron chi connectivity index (χ0n) is 27.5. The molecule has 3 aliphatic rings. The van der Waals surface area contributed by atoms with E-state index >= 15 is 0 Å². The van der Waals surface area contributed by atoms with Crippen LogP contribution in [0.15, 0.2) is 53.4 Å². The summed E-state index contributed by atoms with van der Waals surface area (Å²) in [4.78, 5) is 24.6. The summed E-state index contributed by atoms with van der Waals surface area (Å²) in [6, 6.07) is 13.0. The zero-order valence-corrected chi connectivity index (χ0v) is 28.3. The Hall–Kier alpha value is -3.63. The number of aliphatic hydroxyl groups is 1. The summed E-state index contributed by atoms with van der Waals surface area (Å²) in [6.07, 6.45) is -1.64. The van der Waals surface area contributed by atoms with Crippen molar-refractivity contribution in [3.8, 4) is 11.5 Å². The van der Waals surface area contributed by atoms with E-state index in [1.807, 2.05) is 44.2 Å². The molecule has 0 aliphatic carbocycles. The Morgan fingerprint density at radius 3 is 2.65 bits per heavy atom. The van der Waals surface area contributed by atoms with Crippen LogP contribution in [0.3, 0.4) is 0 Å². The molecule has 0 unspecified atom stereocenters. The molecule has 0 radical (unpaired) electrons. The molecule has 5 atom stereocenters. The molecule has 48 heavy (non-hydrogen) atoms. The van der Waals surface area contributed by atoms with Gasteiger partial charge in [-0.3, -0.25) is 0 Å². The first kappa shape index (κ1) is 35.7. The highest BCUT2D eigenvalue weighted by molar-refractivity contribution is 7.89. The number of amides is 2. The molecule has 0 bridgehead atoms. The second-order valence-corrected chi connectivity index (χ2v) is 14.8. The minimum Gasteiger partial charge on any atom is -0.454 e. The van der Waals surface area contributed by atoms with E-state index in [0.717, 1.165) is 5.56 Å². The van der Waals surface area contributed by atoms with Crippen LogP contribution in [0.5, 0.6) is 11.5 Å². The van der Waals surface area contributed by atoms with Crippen LogP contribution < -0.4 is 20.1 Å². The molecule has 2 saturated heterocycles. The molecule has 0 saturated carbocycles. The van der Waals surface area contributed by atoms with Gasteiger partial charge in [-0.15, -0.1) is 0 Å². The lowest BCUT2D eigenvalue weighted by atomic mass is 9.87. The van der Waals surface area contributed by atoms with E-state index in [-0.39, 0.29) is 56.1 Å². The average molecular weight is 692 g/mol. The first-order valence-electron chi connectivity index (χ1n) is 16.1. The number of nitrogens with one attached hydrogen (secondary N) is 2. The van der Waals surface area contributed by atoms with E-state index in [1.165, 1.54) is 17.4 Å².